The Morgan fingerprint density at radius 3 is 2.83 bits per heavy atom. The molecule has 4 nitrogen and oxygen atoms in total. The highest BCUT2D eigenvalue weighted by Gasteiger charge is 2.05. The minimum atomic E-state index is 0.0295. The summed E-state index contributed by atoms with van der Waals surface area (Å²) in [6, 6.07) is 16.1. The van der Waals surface area contributed by atoms with E-state index in [0.29, 0.717) is 13.0 Å². The molecule has 24 heavy (non-hydrogen) atoms. The number of benzene rings is 2. The van der Waals surface area contributed by atoms with Crippen LogP contribution in [0.5, 0.6) is 5.75 Å². The maximum Gasteiger partial charge on any atom is 0.224 e. The molecule has 3 aromatic rings. The fourth-order valence-corrected chi connectivity index (χ4v) is 2.86. The normalized spacial score (nSPS) is 10.8. The van der Waals surface area contributed by atoms with Crippen molar-refractivity contribution in [2.75, 3.05) is 13.7 Å². The van der Waals surface area contributed by atoms with Crippen molar-refractivity contribution in [2.24, 2.45) is 0 Å². The number of hydrogen-bond donors (Lipinski definition) is 2. The summed E-state index contributed by atoms with van der Waals surface area (Å²) < 4.78 is 5.18. The van der Waals surface area contributed by atoms with Crippen LogP contribution in [0.2, 0.25) is 0 Å². The van der Waals surface area contributed by atoms with Gasteiger partial charge >= 0.3 is 0 Å². The monoisotopic (exact) mass is 322 g/mol. The SMILES string of the molecule is COc1cccc(CC(=O)NCCc2ccc3[nH]c(C)cc3c2)c1. The molecule has 2 aromatic carbocycles. The molecule has 1 heterocycles. The fourth-order valence-electron chi connectivity index (χ4n) is 2.86. The van der Waals surface area contributed by atoms with E-state index in [1.165, 1.54) is 10.9 Å². The Morgan fingerprint density at radius 1 is 1.12 bits per heavy atom. The van der Waals surface area contributed by atoms with Gasteiger partial charge in [0.25, 0.3) is 0 Å². The van der Waals surface area contributed by atoms with Crippen LogP contribution in [0.1, 0.15) is 16.8 Å². The first-order valence-corrected chi connectivity index (χ1v) is 8.12. The lowest BCUT2D eigenvalue weighted by atomic mass is 10.1. The minimum absolute atomic E-state index is 0.0295. The van der Waals surface area contributed by atoms with E-state index in [1.54, 1.807) is 7.11 Å². The van der Waals surface area contributed by atoms with E-state index in [4.69, 9.17) is 4.74 Å². The van der Waals surface area contributed by atoms with Crippen molar-refractivity contribution in [3.8, 4) is 5.75 Å². The first-order chi connectivity index (χ1) is 11.6. The average Bonchev–Trinajstić information content (AvgIpc) is 2.94. The van der Waals surface area contributed by atoms with Gasteiger partial charge in [-0.2, -0.15) is 0 Å². The summed E-state index contributed by atoms with van der Waals surface area (Å²) >= 11 is 0. The Hall–Kier alpha value is -2.75. The molecular weight excluding hydrogens is 300 g/mol. The Morgan fingerprint density at radius 2 is 2.00 bits per heavy atom. The number of aromatic amines is 1. The third-order valence-electron chi connectivity index (χ3n) is 4.05. The summed E-state index contributed by atoms with van der Waals surface area (Å²) in [5.74, 6) is 0.803. The molecule has 2 N–H and O–H groups in total. The molecule has 0 spiro atoms. The van der Waals surface area contributed by atoms with E-state index in [9.17, 15) is 4.79 Å². The van der Waals surface area contributed by atoms with Gasteiger partial charge in [-0.3, -0.25) is 4.79 Å². The lowest BCUT2D eigenvalue weighted by Crippen LogP contribution is -2.27. The van der Waals surface area contributed by atoms with Crippen LogP contribution < -0.4 is 10.1 Å². The first kappa shape index (κ1) is 16.1. The zero-order valence-electron chi connectivity index (χ0n) is 14.1. The van der Waals surface area contributed by atoms with Crippen LogP contribution in [0.25, 0.3) is 10.9 Å². The van der Waals surface area contributed by atoms with Gasteiger partial charge in [0.15, 0.2) is 0 Å². The van der Waals surface area contributed by atoms with Crippen LogP contribution in [0.15, 0.2) is 48.5 Å². The molecule has 4 heteroatoms. The largest absolute Gasteiger partial charge is 0.497 e. The van der Waals surface area contributed by atoms with Gasteiger partial charge < -0.3 is 15.0 Å². The summed E-state index contributed by atoms with van der Waals surface area (Å²) in [5, 5.41) is 4.20. The predicted octanol–water partition coefficient (Wildman–Crippen LogP) is 3.39. The number of rotatable bonds is 6. The second kappa shape index (κ2) is 7.21. The molecule has 0 aliphatic heterocycles. The Kier molecular flexibility index (Phi) is 4.85. The molecule has 1 amide bonds. The maximum atomic E-state index is 12.1. The van der Waals surface area contributed by atoms with Crippen LogP contribution in [-0.4, -0.2) is 24.5 Å². The highest BCUT2D eigenvalue weighted by atomic mass is 16.5. The number of H-pyrrole nitrogens is 1. The van der Waals surface area contributed by atoms with Gasteiger partial charge in [0, 0.05) is 17.8 Å². The van der Waals surface area contributed by atoms with Crippen molar-refractivity contribution in [1.82, 2.24) is 10.3 Å². The average molecular weight is 322 g/mol. The van der Waals surface area contributed by atoms with E-state index in [0.717, 1.165) is 28.9 Å². The standard InChI is InChI=1S/C20H22N2O2/c1-14-10-17-11-15(6-7-19(17)22-14)8-9-21-20(23)13-16-4-3-5-18(12-16)24-2/h3-7,10-12,22H,8-9,13H2,1-2H3,(H,21,23). The molecule has 0 aliphatic carbocycles. The molecule has 0 fully saturated rings. The van der Waals surface area contributed by atoms with Crippen molar-refractivity contribution in [1.29, 1.82) is 0 Å². The molecule has 124 valence electrons. The Bertz CT molecular complexity index is 852. The smallest absolute Gasteiger partial charge is 0.224 e. The molecule has 0 bridgehead atoms. The highest BCUT2D eigenvalue weighted by molar-refractivity contribution is 5.81. The third kappa shape index (κ3) is 3.96. The van der Waals surface area contributed by atoms with Crippen molar-refractivity contribution >= 4 is 16.8 Å². The number of nitrogens with one attached hydrogen (secondary N) is 2. The predicted molar refractivity (Wildman–Crippen MR) is 96.4 cm³/mol. The van der Waals surface area contributed by atoms with E-state index < -0.39 is 0 Å². The van der Waals surface area contributed by atoms with Crippen molar-refractivity contribution in [3.05, 3.63) is 65.4 Å². The number of aryl methyl sites for hydroxylation is 1. The summed E-state index contributed by atoms with van der Waals surface area (Å²) in [6.07, 6.45) is 1.19. The second-order valence-electron chi connectivity index (χ2n) is 6.00. The van der Waals surface area contributed by atoms with Gasteiger partial charge in [0.1, 0.15) is 5.75 Å². The fraction of sp³-hybridized carbons (Fsp3) is 0.250. The number of methoxy groups -OCH3 is 1. The van der Waals surface area contributed by atoms with E-state index >= 15 is 0 Å². The lowest BCUT2D eigenvalue weighted by molar-refractivity contribution is -0.120. The van der Waals surface area contributed by atoms with Crippen molar-refractivity contribution < 1.29 is 9.53 Å². The minimum Gasteiger partial charge on any atom is -0.497 e. The number of hydrogen-bond acceptors (Lipinski definition) is 2. The molecule has 1 aromatic heterocycles. The number of carbonyl (C=O) groups is 1. The molecule has 3 rings (SSSR count). The van der Waals surface area contributed by atoms with Gasteiger partial charge in [-0.05, 0) is 60.2 Å². The zero-order chi connectivity index (χ0) is 16.9. The summed E-state index contributed by atoms with van der Waals surface area (Å²) in [4.78, 5) is 15.4. The van der Waals surface area contributed by atoms with Gasteiger partial charge in [0.2, 0.25) is 5.91 Å². The highest BCUT2D eigenvalue weighted by Crippen LogP contribution is 2.17. The second-order valence-corrected chi connectivity index (χ2v) is 6.00. The van der Waals surface area contributed by atoms with Gasteiger partial charge in [0.05, 0.1) is 13.5 Å². The molecular formula is C20H22N2O2. The van der Waals surface area contributed by atoms with Gasteiger partial charge in [-0.25, -0.2) is 0 Å². The van der Waals surface area contributed by atoms with E-state index in [1.807, 2.05) is 24.3 Å². The van der Waals surface area contributed by atoms with Crippen LogP contribution in [0.4, 0.5) is 0 Å². The topological polar surface area (TPSA) is 54.1 Å². The third-order valence-corrected chi connectivity index (χ3v) is 4.05. The summed E-state index contributed by atoms with van der Waals surface area (Å²) in [5.41, 5.74) is 4.49. The molecule has 0 saturated heterocycles. The Balaban J connectivity index is 1.52. The number of carbonyl (C=O) groups excluding carboxylic acids is 1. The van der Waals surface area contributed by atoms with Crippen LogP contribution in [0.3, 0.4) is 0 Å². The molecule has 0 aliphatic rings. The van der Waals surface area contributed by atoms with E-state index in [-0.39, 0.29) is 5.91 Å². The lowest BCUT2D eigenvalue weighted by Gasteiger charge is -2.07. The van der Waals surface area contributed by atoms with Crippen LogP contribution in [0, 0.1) is 6.92 Å². The summed E-state index contributed by atoms with van der Waals surface area (Å²) in [6.45, 7) is 2.69. The molecule has 0 unspecified atom stereocenters. The maximum absolute atomic E-state index is 12.1. The summed E-state index contributed by atoms with van der Waals surface area (Å²) in [7, 11) is 1.63. The molecule has 0 radical (unpaired) electrons. The van der Waals surface area contributed by atoms with Crippen molar-refractivity contribution in [3.63, 3.8) is 0 Å². The van der Waals surface area contributed by atoms with Gasteiger partial charge in [-0.1, -0.05) is 18.2 Å². The van der Waals surface area contributed by atoms with Gasteiger partial charge in [-0.15, -0.1) is 0 Å². The first-order valence-electron chi connectivity index (χ1n) is 8.12. The molecule has 0 atom stereocenters. The number of ether oxygens (including phenoxy) is 1. The Labute approximate surface area is 141 Å². The number of fused-ring (bicyclic) bond motifs is 1. The van der Waals surface area contributed by atoms with E-state index in [2.05, 4.69) is 41.5 Å². The number of aromatic nitrogens is 1. The van der Waals surface area contributed by atoms with Crippen molar-refractivity contribution in [2.45, 2.75) is 19.8 Å². The van der Waals surface area contributed by atoms with Crippen LogP contribution >= 0.6 is 0 Å². The van der Waals surface area contributed by atoms with Crippen LogP contribution in [-0.2, 0) is 17.6 Å². The zero-order valence-corrected chi connectivity index (χ0v) is 14.1. The molecule has 0 saturated carbocycles. The number of amides is 1. The quantitative estimate of drug-likeness (QED) is 0.731.